The fourth-order valence-corrected chi connectivity index (χ4v) is 1.77. The molecule has 92 valence electrons. The monoisotopic (exact) mass is 250 g/mol. The van der Waals surface area contributed by atoms with Gasteiger partial charge in [-0.3, -0.25) is 0 Å². The second-order valence-electron chi connectivity index (χ2n) is 4.33. The smallest absolute Gasteiger partial charge is 0.117 e. The molecule has 0 bridgehead atoms. The maximum atomic E-state index is 5.84. The van der Waals surface area contributed by atoms with E-state index in [1.807, 2.05) is 19.1 Å². The fourth-order valence-electron chi connectivity index (χ4n) is 1.65. The normalized spacial score (nSPS) is 14.0. The van der Waals surface area contributed by atoms with E-state index < -0.39 is 0 Å². The average molecular weight is 251 g/mol. The molecule has 0 amide bonds. The number of rotatable bonds is 6. The molecule has 1 aromatic rings. The molecule has 0 heterocycles. The van der Waals surface area contributed by atoms with Crippen molar-refractivity contribution in [1.29, 1.82) is 0 Å². The van der Waals surface area contributed by atoms with Gasteiger partial charge in [-0.25, -0.2) is 0 Å². The van der Waals surface area contributed by atoms with Gasteiger partial charge in [0.1, 0.15) is 6.10 Å². The molecule has 0 spiro atoms. The first-order valence-corrected chi connectivity index (χ1v) is 6.35. The van der Waals surface area contributed by atoms with Crippen molar-refractivity contribution >= 4 is 11.6 Å². The predicted octanol–water partition coefficient (Wildman–Crippen LogP) is 3.95. The van der Waals surface area contributed by atoms with Crippen LogP contribution in [0.3, 0.4) is 0 Å². The molecule has 1 nitrogen and oxygen atoms in total. The molecule has 17 heavy (non-hydrogen) atoms. The van der Waals surface area contributed by atoms with Crippen molar-refractivity contribution in [3.63, 3.8) is 0 Å². The molecule has 0 aliphatic carbocycles. The Hall–Kier alpha value is -0.970. The highest BCUT2D eigenvalue weighted by atomic mass is 35.5. The summed E-state index contributed by atoms with van der Waals surface area (Å²) in [7, 11) is 0. The van der Waals surface area contributed by atoms with Gasteiger partial charge in [-0.1, -0.05) is 43.5 Å². The third kappa shape index (κ3) is 5.26. The van der Waals surface area contributed by atoms with Crippen molar-refractivity contribution in [1.82, 2.24) is 0 Å². The number of terminal acetylenes is 1. The van der Waals surface area contributed by atoms with E-state index in [1.54, 1.807) is 0 Å². The Labute approximate surface area is 109 Å². The molecule has 0 saturated heterocycles. The lowest BCUT2D eigenvalue weighted by Crippen LogP contribution is -2.16. The molecule has 2 atom stereocenters. The van der Waals surface area contributed by atoms with Gasteiger partial charge in [-0.2, -0.15) is 0 Å². The standard InChI is InChI=1S/C15H19ClO/c1-4-15(5-2)17-11-12(3)10-13-6-8-14(16)9-7-13/h1,6-9,12,15H,5,10-11H2,2-3H3. The molecule has 2 heteroatoms. The maximum absolute atomic E-state index is 5.84. The van der Waals surface area contributed by atoms with Crippen molar-refractivity contribution in [3.8, 4) is 12.3 Å². The summed E-state index contributed by atoms with van der Waals surface area (Å²) in [5.41, 5.74) is 1.28. The Bertz CT molecular complexity index is 364. The minimum atomic E-state index is -0.0531. The Morgan fingerprint density at radius 1 is 1.35 bits per heavy atom. The summed E-state index contributed by atoms with van der Waals surface area (Å²) in [6.07, 6.45) is 7.15. The van der Waals surface area contributed by atoms with E-state index in [0.717, 1.165) is 17.9 Å². The second kappa shape index (κ2) is 7.37. The van der Waals surface area contributed by atoms with Crippen LogP contribution in [0.5, 0.6) is 0 Å². The Balaban J connectivity index is 2.37. The highest BCUT2D eigenvalue weighted by Crippen LogP contribution is 2.14. The van der Waals surface area contributed by atoms with Gasteiger partial charge in [0.2, 0.25) is 0 Å². The molecule has 0 fully saturated rings. The minimum Gasteiger partial charge on any atom is -0.365 e. The lowest BCUT2D eigenvalue weighted by atomic mass is 10.0. The Morgan fingerprint density at radius 3 is 2.53 bits per heavy atom. The van der Waals surface area contributed by atoms with Crippen LogP contribution in [-0.2, 0) is 11.2 Å². The van der Waals surface area contributed by atoms with Gasteiger partial charge in [0.25, 0.3) is 0 Å². The van der Waals surface area contributed by atoms with Crippen LogP contribution in [0, 0.1) is 18.3 Å². The van der Waals surface area contributed by atoms with E-state index in [1.165, 1.54) is 5.56 Å². The van der Waals surface area contributed by atoms with E-state index in [0.29, 0.717) is 12.5 Å². The van der Waals surface area contributed by atoms with E-state index >= 15 is 0 Å². The lowest BCUT2D eigenvalue weighted by molar-refractivity contribution is 0.0647. The van der Waals surface area contributed by atoms with Crippen LogP contribution in [0.15, 0.2) is 24.3 Å². The van der Waals surface area contributed by atoms with Crippen LogP contribution >= 0.6 is 11.6 Å². The van der Waals surface area contributed by atoms with Crippen LogP contribution in [0.1, 0.15) is 25.8 Å². The van der Waals surface area contributed by atoms with Gasteiger partial charge < -0.3 is 4.74 Å². The van der Waals surface area contributed by atoms with Crippen molar-refractivity contribution in [2.24, 2.45) is 5.92 Å². The Morgan fingerprint density at radius 2 is 2.00 bits per heavy atom. The lowest BCUT2D eigenvalue weighted by Gasteiger charge is -2.15. The zero-order valence-corrected chi connectivity index (χ0v) is 11.2. The van der Waals surface area contributed by atoms with Gasteiger partial charge in [0.15, 0.2) is 0 Å². The highest BCUT2D eigenvalue weighted by Gasteiger charge is 2.07. The highest BCUT2D eigenvalue weighted by molar-refractivity contribution is 6.30. The third-order valence-corrected chi connectivity index (χ3v) is 2.89. The van der Waals surface area contributed by atoms with Crippen molar-refractivity contribution in [2.75, 3.05) is 6.61 Å². The maximum Gasteiger partial charge on any atom is 0.117 e. The quantitative estimate of drug-likeness (QED) is 0.695. The fraction of sp³-hybridized carbons (Fsp3) is 0.467. The summed E-state index contributed by atoms with van der Waals surface area (Å²) in [4.78, 5) is 0. The van der Waals surface area contributed by atoms with E-state index in [9.17, 15) is 0 Å². The molecular formula is C15H19ClO. The van der Waals surface area contributed by atoms with E-state index in [-0.39, 0.29) is 6.10 Å². The van der Waals surface area contributed by atoms with Gasteiger partial charge in [-0.05, 0) is 36.5 Å². The minimum absolute atomic E-state index is 0.0531. The molecule has 0 saturated carbocycles. The van der Waals surface area contributed by atoms with Crippen LogP contribution in [-0.4, -0.2) is 12.7 Å². The first kappa shape index (κ1) is 14.1. The van der Waals surface area contributed by atoms with Crippen LogP contribution in [0.2, 0.25) is 5.02 Å². The largest absolute Gasteiger partial charge is 0.365 e. The van der Waals surface area contributed by atoms with Gasteiger partial charge in [0.05, 0.1) is 6.61 Å². The summed E-state index contributed by atoms with van der Waals surface area (Å²) < 4.78 is 5.64. The summed E-state index contributed by atoms with van der Waals surface area (Å²) in [5.74, 6) is 3.10. The van der Waals surface area contributed by atoms with Gasteiger partial charge >= 0.3 is 0 Å². The molecule has 0 radical (unpaired) electrons. The zero-order chi connectivity index (χ0) is 12.7. The van der Waals surface area contributed by atoms with Crippen LogP contribution in [0.25, 0.3) is 0 Å². The molecule has 2 unspecified atom stereocenters. The molecule has 0 aliphatic heterocycles. The third-order valence-electron chi connectivity index (χ3n) is 2.64. The van der Waals surface area contributed by atoms with Crippen molar-refractivity contribution in [2.45, 2.75) is 32.8 Å². The molecule has 1 aromatic carbocycles. The van der Waals surface area contributed by atoms with Crippen molar-refractivity contribution in [3.05, 3.63) is 34.9 Å². The van der Waals surface area contributed by atoms with Crippen molar-refractivity contribution < 1.29 is 4.74 Å². The number of ether oxygens (including phenoxy) is 1. The van der Waals surface area contributed by atoms with Crippen LogP contribution in [0.4, 0.5) is 0 Å². The van der Waals surface area contributed by atoms with Crippen LogP contribution < -0.4 is 0 Å². The summed E-state index contributed by atoms with van der Waals surface area (Å²) in [6.45, 7) is 4.90. The van der Waals surface area contributed by atoms with E-state index in [2.05, 4.69) is 25.0 Å². The first-order chi connectivity index (χ1) is 8.15. The van der Waals surface area contributed by atoms with Gasteiger partial charge in [-0.15, -0.1) is 6.42 Å². The topological polar surface area (TPSA) is 9.23 Å². The predicted molar refractivity (Wildman–Crippen MR) is 73.2 cm³/mol. The summed E-state index contributed by atoms with van der Waals surface area (Å²) in [5, 5.41) is 0.774. The number of hydrogen-bond acceptors (Lipinski definition) is 1. The molecule has 0 aliphatic rings. The number of halogens is 1. The average Bonchev–Trinajstić information content (AvgIpc) is 2.33. The number of hydrogen-bond donors (Lipinski definition) is 0. The zero-order valence-electron chi connectivity index (χ0n) is 10.4. The number of benzene rings is 1. The first-order valence-electron chi connectivity index (χ1n) is 5.97. The summed E-state index contributed by atoms with van der Waals surface area (Å²) in [6, 6.07) is 7.94. The molecular weight excluding hydrogens is 232 g/mol. The summed E-state index contributed by atoms with van der Waals surface area (Å²) >= 11 is 5.84. The SMILES string of the molecule is C#CC(CC)OCC(C)Cc1ccc(Cl)cc1. The molecule has 0 aromatic heterocycles. The molecule has 1 rings (SSSR count). The van der Waals surface area contributed by atoms with E-state index in [4.69, 9.17) is 22.8 Å². The second-order valence-corrected chi connectivity index (χ2v) is 4.77. The Kier molecular flexibility index (Phi) is 6.11. The van der Waals surface area contributed by atoms with Gasteiger partial charge in [0, 0.05) is 5.02 Å². The molecule has 0 N–H and O–H groups in total.